The molecule has 32 valence electrons. The molecule has 5 heavy (non-hydrogen) atoms. The Morgan fingerprint density at radius 1 is 1.20 bits per heavy atom. The molecule has 0 aromatic rings. The zero-order chi connectivity index (χ0) is 2.00. The van der Waals surface area contributed by atoms with E-state index in [1.54, 1.807) is 0 Å². The summed E-state index contributed by atoms with van der Waals surface area (Å²) in [6, 6.07) is 0. The Balaban J connectivity index is -0.00000000167. The Labute approximate surface area is 80.0 Å². The zero-order valence-corrected chi connectivity index (χ0v) is 10.5. The van der Waals surface area contributed by atoms with Gasteiger partial charge < -0.3 is 5.73 Å². The molecule has 0 saturated carbocycles. The third kappa shape index (κ3) is 23.3. The SMILES string of the molecule is CN.[Br].[I].[Pb]. The molecule has 0 aromatic carbocycles. The van der Waals surface area contributed by atoms with E-state index in [1.807, 2.05) is 0 Å². The molecule has 2 N–H and O–H groups in total. The molecular weight excluding hydrogens is 440 g/mol. The van der Waals surface area contributed by atoms with Gasteiger partial charge in [0.1, 0.15) is 0 Å². The van der Waals surface area contributed by atoms with E-state index in [2.05, 4.69) is 5.73 Å². The molecule has 4 heteroatoms. The second-order valence-corrected chi connectivity index (χ2v) is 0. The van der Waals surface area contributed by atoms with Crippen LogP contribution >= 0.6 is 41.0 Å². The summed E-state index contributed by atoms with van der Waals surface area (Å²) in [5.74, 6) is 0. The maximum Gasteiger partial charge on any atom is 0 e. The van der Waals surface area contributed by atoms with Gasteiger partial charge in [-0.15, -0.1) is 0 Å². The van der Waals surface area contributed by atoms with Gasteiger partial charge in [-0.1, -0.05) is 0 Å². The van der Waals surface area contributed by atoms with Gasteiger partial charge in [-0.3, -0.25) is 0 Å². The molecule has 0 heterocycles. The van der Waals surface area contributed by atoms with Crippen LogP contribution in [0.5, 0.6) is 0 Å². The van der Waals surface area contributed by atoms with E-state index in [-0.39, 0.29) is 68.3 Å². The predicted molar refractivity (Wildman–Crippen MR) is 38.8 cm³/mol. The topological polar surface area (TPSA) is 26.0 Å². The smallest absolute Gasteiger partial charge is 0 e. The molecule has 0 unspecified atom stereocenters. The van der Waals surface area contributed by atoms with Crippen molar-refractivity contribution >= 4 is 68.3 Å². The first-order valence-electron chi connectivity index (χ1n) is 0.577. The molecule has 0 amide bonds. The first kappa shape index (κ1) is 27.5. The second kappa shape index (κ2) is 36.1. The van der Waals surface area contributed by atoms with Gasteiger partial charge in [-0.2, -0.15) is 0 Å². The Kier molecular flexibility index (Phi) is 199. The van der Waals surface area contributed by atoms with Crippen LogP contribution in [0.15, 0.2) is 0 Å². The van der Waals surface area contributed by atoms with E-state index in [4.69, 9.17) is 0 Å². The first-order chi connectivity index (χ1) is 1.00. The van der Waals surface area contributed by atoms with Crippen LogP contribution in [0, 0.1) is 0 Å². The van der Waals surface area contributed by atoms with Gasteiger partial charge in [-0.05, 0) is 7.05 Å². The molecule has 0 bridgehead atoms. The maximum atomic E-state index is 4.50. The summed E-state index contributed by atoms with van der Waals surface area (Å²) in [6.07, 6.45) is 0. The van der Waals surface area contributed by atoms with Crippen molar-refractivity contribution in [2.24, 2.45) is 5.73 Å². The minimum atomic E-state index is 0. The summed E-state index contributed by atoms with van der Waals surface area (Å²) in [7, 11) is 1.50. The van der Waals surface area contributed by atoms with Gasteiger partial charge in [0.2, 0.25) is 0 Å². The van der Waals surface area contributed by atoms with E-state index in [0.29, 0.717) is 0 Å². The van der Waals surface area contributed by atoms with Gasteiger partial charge in [0, 0.05) is 68.3 Å². The average molecular weight is 445 g/mol. The Bertz CT molecular complexity index is 11.6. The van der Waals surface area contributed by atoms with Gasteiger partial charge in [0.05, 0.1) is 0 Å². The molecule has 0 aliphatic rings. The molecule has 1 nitrogen and oxygen atoms in total. The van der Waals surface area contributed by atoms with Gasteiger partial charge in [0.25, 0.3) is 0 Å². The molecule has 0 atom stereocenters. The van der Waals surface area contributed by atoms with Crippen LogP contribution in [0.25, 0.3) is 0 Å². The molecule has 6 radical (unpaired) electrons. The van der Waals surface area contributed by atoms with Crippen molar-refractivity contribution in [2.75, 3.05) is 7.05 Å². The first-order valence-corrected chi connectivity index (χ1v) is 0.577. The summed E-state index contributed by atoms with van der Waals surface area (Å²) < 4.78 is 0. The Morgan fingerprint density at radius 2 is 1.20 bits per heavy atom. The minimum Gasteiger partial charge on any atom is -0.333 e. The van der Waals surface area contributed by atoms with Crippen molar-refractivity contribution in [3.63, 3.8) is 0 Å². The van der Waals surface area contributed by atoms with Crippen LogP contribution in [0.2, 0.25) is 0 Å². The van der Waals surface area contributed by atoms with Crippen LogP contribution in [0.3, 0.4) is 0 Å². The normalized spacial score (nSPS) is 1.20. The predicted octanol–water partition coefficient (Wildman–Crippen LogP) is 0.925. The standard InChI is InChI=1S/CH5N.Br.I.Pb/c1-2;;;/h2H2,1H3;;;. The van der Waals surface area contributed by atoms with Crippen LogP contribution < -0.4 is 5.73 Å². The average Bonchev–Trinajstić information content (AvgIpc) is 1.00. The summed E-state index contributed by atoms with van der Waals surface area (Å²) in [6.45, 7) is 0. The van der Waals surface area contributed by atoms with Crippen molar-refractivity contribution in [1.29, 1.82) is 0 Å². The number of halogens is 2. The van der Waals surface area contributed by atoms with E-state index in [0.717, 1.165) is 0 Å². The molecule has 0 spiro atoms. The van der Waals surface area contributed by atoms with E-state index < -0.39 is 0 Å². The fourth-order valence-corrected chi connectivity index (χ4v) is 0. The zero-order valence-electron chi connectivity index (χ0n) is 2.83. The summed E-state index contributed by atoms with van der Waals surface area (Å²) in [5, 5.41) is 0. The number of hydrogen-bond acceptors (Lipinski definition) is 1. The van der Waals surface area contributed by atoms with Crippen molar-refractivity contribution in [3.05, 3.63) is 0 Å². The summed E-state index contributed by atoms with van der Waals surface area (Å²) in [5.41, 5.74) is 4.50. The summed E-state index contributed by atoms with van der Waals surface area (Å²) in [4.78, 5) is 0. The van der Waals surface area contributed by atoms with Crippen LogP contribution in [0.1, 0.15) is 0 Å². The maximum absolute atomic E-state index is 4.50. The molecule has 0 aliphatic carbocycles. The number of hydrogen-bond donors (Lipinski definition) is 1. The van der Waals surface area contributed by atoms with Crippen molar-refractivity contribution in [2.45, 2.75) is 0 Å². The van der Waals surface area contributed by atoms with E-state index in [1.165, 1.54) is 7.05 Å². The number of nitrogens with two attached hydrogens (primary N) is 1. The summed E-state index contributed by atoms with van der Waals surface area (Å²) >= 11 is 0. The largest absolute Gasteiger partial charge is 0.333 e. The minimum absolute atomic E-state index is 0. The fraction of sp³-hybridized carbons (Fsp3) is 1.00. The van der Waals surface area contributed by atoms with Crippen LogP contribution in [-0.2, 0) is 0 Å². The van der Waals surface area contributed by atoms with Crippen molar-refractivity contribution in [3.8, 4) is 0 Å². The van der Waals surface area contributed by atoms with Gasteiger partial charge in [0.15, 0.2) is 0 Å². The molecule has 0 fully saturated rings. The van der Waals surface area contributed by atoms with E-state index >= 15 is 0 Å². The van der Waals surface area contributed by atoms with Gasteiger partial charge in [-0.25, -0.2) is 0 Å². The van der Waals surface area contributed by atoms with Crippen LogP contribution in [0.4, 0.5) is 0 Å². The van der Waals surface area contributed by atoms with Crippen molar-refractivity contribution in [1.82, 2.24) is 0 Å². The third-order valence-corrected chi connectivity index (χ3v) is 0. The number of rotatable bonds is 0. The fourth-order valence-electron chi connectivity index (χ4n) is 0. The quantitative estimate of drug-likeness (QED) is 0.436. The molecule has 0 aromatic heterocycles. The van der Waals surface area contributed by atoms with E-state index in [9.17, 15) is 0 Å². The Hall–Kier alpha value is 2.09. The van der Waals surface area contributed by atoms with Crippen LogP contribution in [-0.4, -0.2) is 34.3 Å². The van der Waals surface area contributed by atoms with Crippen molar-refractivity contribution < 1.29 is 0 Å². The van der Waals surface area contributed by atoms with Gasteiger partial charge >= 0.3 is 0 Å². The molecule has 0 saturated heterocycles. The molecule has 0 aliphatic heterocycles. The molecule has 0 rings (SSSR count). The Morgan fingerprint density at radius 3 is 1.20 bits per heavy atom. The monoisotopic (exact) mass is 445 g/mol. The second-order valence-electron chi connectivity index (χ2n) is 0. The molecular formula is CH5BrINPb. The third-order valence-electron chi connectivity index (χ3n) is 0.